The largest absolute Gasteiger partial charge is 0.573 e. The van der Waals surface area contributed by atoms with Crippen LogP contribution >= 0.6 is 11.3 Å². The van der Waals surface area contributed by atoms with Gasteiger partial charge in [-0.2, -0.15) is 0 Å². The highest BCUT2D eigenvalue weighted by molar-refractivity contribution is 7.21. The van der Waals surface area contributed by atoms with Crippen molar-refractivity contribution >= 4 is 33.3 Å². The molecule has 3 aromatic rings. The lowest BCUT2D eigenvalue weighted by molar-refractivity contribution is -0.274. The van der Waals surface area contributed by atoms with Crippen molar-refractivity contribution in [2.75, 3.05) is 13.2 Å². The number of amides is 1. The van der Waals surface area contributed by atoms with Crippen LogP contribution in [0.5, 0.6) is 5.75 Å². The third-order valence-electron chi connectivity index (χ3n) is 14.1. The lowest BCUT2D eigenvalue weighted by atomic mass is 9.32. The van der Waals surface area contributed by atoms with E-state index in [2.05, 4.69) is 36.8 Å². The van der Waals surface area contributed by atoms with E-state index in [0.717, 1.165) is 28.5 Å². The van der Waals surface area contributed by atoms with Gasteiger partial charge < -0.3 is 24.6 Å². The fourth-order valence-corrected chi connectivity index (χ4v) is 12.6. The summed E-state index contributed by atoms with van der Waals surface area (Å²) in [5.41, 5.74) is -2.03. The Morgan fingerprint density at radius 1 is 0.962 bits per heavy atom. The molecular weight excluding hydrogens is 704 g/mol. The molecule has 6 aliphatic rings. The lowest BCUT2D eigenvalue weighted by Crippen LogP contribution is -2.67. The van der Waals surface area contributed by atoms with Gasteiger partial charge >= 0.3 is 12.5 Å². The molecule has 1 heterocycles. The highest BCUT2D eigenvalue weighted by Gasteiger charge is 2.74. The Kier molecular flexibility index (Phi) is 8.52. The smallest absolute Gasteiger partial charge is 0.450 e. The molecule has 3 fully saturated rings. The summed E-state index contributed by atoms with van der Waals surface area (Å²) in [5, 5.41) is 25.0. The zero-order valence-electron chi connectivity index (χ0n) is 30.2. The fraction of sp³-hybridized carbons (Fsp3) is 0.524. The van der Waals surface area contributed by atoms with Gasteiger partial charge in [0, 0.05) is 33.1 Å². The number of allylic oxidation sites excluding steroid dienone is 4. The van der Waals surface area contributed by atoms with Crippen molar-refractivity contribution in [2.45, 2.75) is 90.3 Å². The molecule has 1 amide bonds. The molecule has 2 spiro atoms. The Balaban J connectivity index is 1.17. The molecule has 11 heteroatoms. The van der Waals surface area contributed by atoms with E-state index in [0.29, 0.717) is 42.5 Å². The second kappa shape index (κ2) is 12.4. The third-order valence-corrected chi connectivity index (χ3v) is 15.2. The first-order valence-electron chi connectivity index (χ1n) is 18.7. The zero-order valence-corrected chi connectivity index (χ0v) is 31.1. The number of alkyl halides is 3. The van der Waals surface area contributed by atoms with Gasteiger partial charge in [-0.3, -0.25) is 4.79 Å². The minimum Gasteiger partial charge on any atom is -0.450 e. The second-order valence-corrected chi connectivity index (χ2v) is 17.6. The first kappa shape index (κ1) is 36.3. The van der Waals surface area contributed by atoms with Crippen LogP contribution in [0, 0.1) is 33.5 Å². The average Bonchev–Trinajstić information content (AvgIpc) is 3.66. The molecule has 0 radical (unpaired) electrons. The number of hydrogen-bond donors (Lipinski definition) is 2. The van der Waals surface area contributed by atoms with Crippen molar-refractivity contribution in [2.24, 2.45) is 33.5 Å². The fourth-order valence-electron chi connectivity index (χ4n) is 11.6. The van der Waals surface area contributed by atoms with Crippen molar-refractivity contribution in [3.63, 3.8) is 0 Å². The number of carbonyl (C=O) groups is 2. The molecule has 9 rings (SSSR count). The number of ether oxygens (including phenoxy) is 2. The van der Waals surface area contributed by atoms with Crippen molar-refractivity contribution in [1.82, 2.24) is 4.90 Å². The SMILES string of the molecule is CCOC(=O)N(Cc1ccc(OC(F)(F)F)cc1)C[C@]1(O)CC[C@H]2[C@]34C=C[C@@]5(C=C3C(=O)c3cc6ccccc6s3)CC(O)CC[C@]5(C)[C@H]4CC[C@@]21C. The normalized spacial score (nSPS) is 35.6. The number of aliphatic hydroxyl groups excluding tert-OH is 1. The van der Waals surface area contributed by atoms with Gasteiger partial charge in [-0.25, -0.2) is 4.79 Å². The number of rotatable bonds is 8. The number of carbonyl (C=O) groups excluding carboxylic acids is 2. The lowest BCUT2D eigenvalue weighted by Gasteiger charge is -2.71. The van der Waals surface area contributed by atoms with Gasteiger partial charge in [0.2, 0.25) is 0 Å². The van der Waals surface area contributed by atoms with Gasteiger partial charge in [0.05, 0.1) is 29.7 Å². The predicted molar refractivity (Wildman–Crippen MR) is 195 cm³/mol. The van der Waals surface area contributed by atoms with E-state index in [1.54, 1.807) is 6.92 Å². The van der Waals surface area contributed by atoms with Crippen LogP contribution in [0.2, 0.25) is 0 Å². The number of thiophene rings is 1. The molecule has 0 saturated heterocycles. The van der Waals surface area contributed by atoms with Crippen LogP contribution in [0.3, 0.4) is 0 Å². The Bertz CT molecular complexity index is 1980. The number of nitrogens with zero attached hydrogens (tertiary/aromatic N) is 1. The molecule has 2 aromatic carbocycles. The molecule has 1 aromatic heterocycles. The Labute approximate surface area is 311 Å². The molecule has 53 heavy (non-hydrogen) atoms. The molecule has 7 nitrogen and oxygen atoms in total. The minimum atomic E-state index is -4.82. The third kappa shape index (κ3) is 5.50. The maximum atomic E-state index is 15.0. The van der Waals surface area contributed by atoms with E-state index in [-0.39, 0.29) is 48.5 Å². The molecule has 2 bridgehead atoms. The van der Waals surface area contributed by atoms with E-state index < -0.39 is 40.4 Å². The number of fused-ring (bicyclic) bond motifs is 2. The zero-order chi connectivity index (χ0) is 37.6. The van der Waals surface area contributed by atoms with E-state index in [1.807, 2.05) is 30.3 Å². The summed E-state index contributed by atoms with van der Waals surface area (Å²) < 4.78 is 48.9. The van der Waals surface area contributed by atoms with Gasteiger partial charge in [0.25, 0.3) is 0 Å². The summed E-state index contributed by atoms with van der Waals surface area (Å²) in [4.78, 5) is 30.6. The van der Waals surface area contributed by atoms with Crippen molar-refractivity contribution in [3.05, 3.63) is 88.8 Å². The molecule has 1 unspecified atom stereocenters. The maximum absolute atomic E-state index is 15.0. The monoisotopic (exact) mass is 749 g/mol. The summed E-state index contributed by atoms with van der Waals surface area (Å²) in [5.74, 6) is -0.362. The molecule has 2 N–H and O–H groups in total. The van der Waals surface area contributed by atoms with E-state index in [1.165, 1.54) is 40.5 Å². The van der Waals surface area contributed by atoms with Crippen LogP contribution in [-0.2, 0) is 11.3 Å². The Morgan fingerprint density at radius 2 is 1.66 bits per heavy atom. The molecule has 3 saturated carbocycles. The second-order valence-electron chi connectivity index (χ2n) is 16.5. The summed E-state index contributed by atoms with van der Waals surface area (Å²) in [6.45, 7) is 6.25. The van der Waals surface area contributed by atoms with E-state index in [9.17, 15) is 28.2 Å². The molecule has 8 atom stereocenters. The van der Waals surface area contributed by atoms with Crippen LogP contribution < -0.4 is 4.74 Å². The van der Waals surface area contributed by atoms with E-state index in [4.69, 9.17) is 4.74 Å². The first-order valence-corrected chi connectivity index (χ1v) is 19.5. The quantitative estimate of drug-likeness (QED) is 0.176. The minimum absolute atomic E-state index is 0.00725. The van der Waals surface area contributed by atoms with Crippen LogP contribution in [0.4, 0.5) is 18.0 Å². The highest BCUT2D eigenvalue weighted by atomic mass is 32.1. The van der Waals surface area contributed by atoms with Gasteiger partial charge in [-0.15, -0.1) is 24.5 Å². The van der Waals surface area contributed by atoms with Gasteiger partial charge in [0.15, 0.2) is 5.78 Å². The van der Waals surface area contributed by atoms with Crippen molar-refractivity contribution < 1.29 is 42.4 Å². The number of Topliss-reactive ketones (excluding diaryl/α,β-unsaturated/α-hetero) is 1. The topological polar surface area (TPSA) is 96.3 Å². The predicted octanol–water partition coefficient (Wildman–Crippen LogP) is 9.23. The Hall–Kier alpha value is -3.67. The average molecular weight is 750 g/mol. The standard InChI is InChI=1S/C42H46F3NO6S/c1-4-51-36(49)46(24-26-9-11-29(12-10-26)52-42(43,44)45)25-40(50)18-15-34-38(40,3)17-14-33-37(2)16-13-28(47)22-39(37)19-20-41(33,34)30(23-39)35(48)32-21-27-7-5-6-8-31(27)53-32/h5-12,19-21,23,28,33-34,47,50H,4,13-18,22,24-25H2,1-3H3/t28?,33-,34-,37-,38+,39+,40-,41-/m1/s1. The summed E-state index contributed by atoms with van der Waals surface area (Å²) >= 11 is 1.50. The molecule has 0 aliphatic heterocycles. The maximum Gasteiger partial charge on any atom is 0.573 e. The van der Waals surface area contributed by atoms with Crippen LogP contribution in [0.1, 0.15) is 81.0 Å². The number of aliphatic hydroxyl groups is 2. The number of ketones is 1. The van der Waals surface area contributed by atoms with Gasteiger partial charge in [-0.1, -0.05) is 62.4 Å². The van der Waals surface area contributed by atoms with Crippen molar-refractivity contribution in [3.8, 4) is 5.75 Å². The van der Waals surface area contributed by atoms with Crippen LogP contribution in [0.15, 0.2) is 78.4 Å². The number of halogens is 3. The van der Waals surface area contributed by atoms with Crippen LogP contribution in [-0.4, -0.2) is 58.2 Å². The molecule has 6 aliphatic carbocycles. The molecule has 282 valence electrons. The summed E-state index contributed by atoms with van der Waals surface area (Å²) in [6, 6.07) is 15.3. The highest BCUT2D eigenvalue weighted by Crippen LogP contribution is 2.78. The van der Waals surface area contributed by atoms with Crippen LogP contribution in [0.25, 0.3) is 10.1 Å². The number of benzene rings is 2. The van der Waals surface area contributed by atoms with Gasteiger partial charge in [0.1, 0.15) is 5.75 Å². The van der Waals surface area contributed by atoms with Crippen molar-refractivity contribution in [1.29, 1.82) is 0 Å². The van der Waals surface area contributed by atoms with Gasteiger partial charge in [-0.05, 0) is 104 Å². The van der Waals surface area contributed by atoms with E-state index >= 15 is 4.79 Å². The molecular formula is C42H46F3NO6S. The summed E-state index contributed by atoms with van der Waals surface area (Å²) in [7, 11) is 0. The Morgan fingerprint density at radius 3 is 2.38 bits per heavy atom. The first-order chi connectivity index (χ1) is 25.1. The number of hydrogen-bond acceptors (Lipinski definition) is 7. The summed E-state index contributed by atoms with van der Waals surface area (Å²) in [6.07, 6.45) is 5.46.